The van der Waals surface area contributed by atoms with Gasteiger partial charge in [-0.05, 0) is 68.3 Å². The Morgan fingerprint density at radius 1 is 1.11 bits per heavy atom. The van der Waals surface area contributed by atoms with Crippen molar-refractivity contribution < 1.29 is 9.59 Å². The number of halogens is 2. The van der Waals surface area contributed by atoms with E-state index in [-0.39, 0.29) is 28.9 Å². The van der Waals surface area contributed by atoms with E-state index < -0.39 is 0 Å². The molecular formula is C28H27Cl2N5O2. The van der Waals surface area contributed by atoms with Crippen LogP contribution in [0.5, 0.6) is 0 Å². The minimum absolute atomic E-state index is 0.0753. The number of imidazole rings is 1. The van der Waals surface area contributed by atoms with Gasteiger partial charge >= 0.3 is 0 Å². The number of rotatable bonds is 7. The Morgan fingerprint density at radius 2 is 1.92 bits per heavy atom. The summed E-state index contributed by atoms with van der Waals surface area (Å²) in [6.45, 7) is 3.19. The lowest BCUT2D eigenvalue weighted by molar-refractivity contribution is 0.0743. The number of carbonyl (C=O) groups excluding carboxylic acids is 2. The standard InChI is InChI=1S/C28H27Cl2N5O2/c1-17(26-33-24-12-10-19(29)15-25(24)34-26)32-27(36)18-9-11-22(23(30)14-18)28(37)35-13-5-8-21(35)16-31-20-6-3-2-4-7-20/h2-4,6-7,9-12,14-15,17,21,31H,5,8,13,16H2,1H3,(H,32,36)(H,33,34)/t17-,21?/m1/s1. The molecule has 5 rings (SSSR count). The van der Waals surface area contributed by atoms with Gasteiger partial charge in [-0.15, -0.1) is 0 Å². The van der Waals surface area contributed by atoms with Crippen molar-refractivity contribution in [2.45, 2.75) is 31.8 Å². The van der Waals surface area contributed by atoms with Crippen LogP contribution in [0.15, 0.2) is 66.7 Å². The number of aromatic nitrogens is 2. The third kappa shape index (κ3) is 5.58. The second-order valence-corrected chi connectivity index (χ2v) is 10.1. The lowest BCUT2D eigenvalue weighted by Crippen LogP contribution is -2.39. The van der Waals surface area contributed by atoms with E-state index in [2.05, 4.69) is 20.6 Å². The number of aromatic amines is 1. The van der Waals surface area contributed by atoms with Crippen molar-refractivity contribution in [3.8, 4) is 0 Å². The zero-order valence-corrected chi connectivity index (χ0v) is 21.8. The third-order valence-corrected chi connectivity index (χ3v) is 7.18. The molecule has 1 saturated heterocycles. The molecule has 2 heterocycles. The van der Waals surface area contributed by atoms with Crippen molar-refractivity contribution in [3.63, 3.8) is 0 Å². The van der Waals surface area contributed by atoms with Gasteiger partial charge in [-0.3, -0.25) is 9.59 Å². The number of para-hydroxylation sites is 1. The van der Waals surface area contributed by atoms with Gasteiger partial charge in [0.15, 0.2) is 0 Å². The summed E-state index contributed by atoms with van der Waals surface area (Å²) in [5, 5.41) is 7.20. The molecule has 0 bridgehead atoms. The molecular weight excluding hydrogens is 509 g/mol. The predicted molar refractivity (Wildman–Crippen MR) is 147 cm³/mol. The van der Waals surface area contributed by atoms with Crippen LogP contribution in [0.3, 0.4) is 0 Å². The summed E-state index contributed by atoms with van der Waals surface area (Å²) in [4.78, 5) is 35.8. The van der Waals surface area contributed by atoms with E-state index in [0.717, 1.165) is 29.6 Å². The van der Waals surface area contributed by atoms with Crippen molar-refractivity contribution in [2.75, 3.05) is 18.4 Å². The SMILES string of the molecule is C[C@@H](NC(=O)c1ccc(C(=O)N2CCCC2CNc2ccccc2)c(Cl)c1)c1nc2ccc(Cl)cc2[nH]1. The summed E-state index contributed by atoms with van der Waals surface area (Å²) in [6, 6.07) is 19.8. The van der Waals surface area contributed by atoms with Crippen LogP contribution in [-0.2, 0) is 0 Å². The van der Waals surface area contributed by atoms with Crippen LogP contribution < -0.4 is 10.6 Å². The fourth-order valence-electron chi connectivity index (χ4n) is 4.65. The van der Waals surface area contributed by atoms with Gasteiger partial charge in [-0.25, -0.2) is 4.98 Å². The summed E-state index contributed by atoms with van der Waals surface area (Å²) >= 11 is 12.6. The second-order valence-electron chi connectivity index (χ2n) is 9.21. The fourth-order valence-corrected chi connectivity index (χ4v) is 5.08. The van der Waals surface area contributed by atoms with E-state index in [4.69, 9.17) is 23.2 Å². The molecule has 0 saturated carbocycles. The second kappa shape index (κ2) is 10.8. The van der Waals surface area contributed by atoms with Crippen LogP contribution in [0.4, 0.5) is 5.69 Å². The van der Waals surface area contributed by atoms with Gasteiger partial charge in [0, 0.05) is 35.4 Å². The number of anilines is 1. The molecule has 1 aliphatic rings. The van der Waals surface area contributed by atoms with E-state index in [1.807, 2.05) is 48.2 Å². The fraction of sp³-hybridized carbons (Fsp3) is 0.250. The van der Waals surface area contributed by atoms with Crippen molar-refractivity contribution in [2.24, 2.45) is 0 Å². The largest absolute Gasteiger partial charge is 0.383 e. The number of carbonyl (C=O) groups is 2. The zero-order valence-electron chi connectivity index (χ0n) is 20.3. The molecule has 1 aromatic heterocycles. The van der Waals surface area contributed by atoms with Gasteiger partial charge in [-0.1, -0.05) is 41.4 Å². The number of hydrogen-bond donors (Lipinski definition) is 3. The first-order chi connectivity index (χ1) is 17.9. The summed E-state index contributed by atoms with van der Waals surface area (Å²) in [6.07, 6.45) is 1.87. The molecule has 2 amide bonds. The van der Waals surface area contributed by atoms with Crippen LogP contribution in [0.2, 0.25) is 10.0 Å². The molecule has 1 fully saturated rings. The molecule has 0 aliphatic carbocycles. The van der Waals surface area contributed by atoms with Crippen molar-refractivity contribution in [1.29, 1.82) is 0 Å². The summed E-state index contributed by atoms with van der Waals surface area (Å²) in [7, 11) is 0. The molecule has 1 unspecified atom stereocenters. The van der Waals surface area contributed by atoms with Gasteiger partial charge in [0.2, 0.25) is 0 Å². The highest BCUT2D eigenvalue weighted by molar-refractivity contribution is 6.34. The van der Waals surface area contributed by atoms with E-state index in [9.17, 15) is 9.59 Å². The highest BCUT2D eigenvalue weighted by Gasteiger charge is 2.30. The molecule has 190 valence electrons. The normalized spacial score (nSPS) is 16.1. The molecule has 0 spiro atoms. The molecule has 9 heteroatoms. The number of likely N-dealkylation sites (tertiary alicyclic amines) is 1. The van der Waals surface area contributed by atoms with Crippen LogP contribution in [-0.4, -0.2) is 45.8 Å². The molecule has 7 nitrogen and oxygen atoms in total. The molecule has 2 atom stereocenters. The van der Waals surface area contributed by atoms with Gasteiger partial charge in [0.1, 0.15) is 5.82 Å². The highest BCUT2D eigenvalue weighted by atomic mass is 35.5. The maximum atomic E-state index is 13.3. The number of benzene rings is 3. The first-order valence-electron chi connectivity index (χ1n) is 12.2. The minimum Gasteiger partial charge on any atom is -0.383 e. The maximum absolute atomic E-state index is 13.3. The number of H-pyrrole nitrogens is 1. The molecule has 3 aromatic carbocycles. The summed E-state index contributed by atoms with van der Waals surface area (Å²) in [5.74, 6) is 0.189. The molecule has 0 radical (unpaired) electrons. The molecule has 3 N–H and O–H groups in total. The number of nitrogens with one attached hydrogen (secondary N) is 3. The zero-order chi connectivity index (χ0) is 25.9. The maximum Gasteiger partial charge on any atom is 0.255 e. The van der Waals surface area contributed by atoms with Crippen LogP contribution >= 0.6 is 23.2 Å². The lowest BCUT2D eigenvalue weighted by Gasteiger charge is -2.26. The van der Waals surface area contributed by atoms with Crippen molar-refractivity contribution >= 4 is 51.7 Å². The van der Waals surface area contributed by atoms with Crippen molar-refractivity contribution in [3.05, 3.63) is 93.7 Å². The highest BCUT2D eigenvalue weighted by Crippen LogP contribution is 2.26. The Balaban J connectivity index is 1.24. The quantitative estimate of drug-likeness (QED) is 0.267. The van der Waals surface area contributed by atoms with Gasteiger partial charge in [0.25, 0.3) is 11.8 Å². The third-order valence-electron chi connectivity index (χ3n) is 6.64. The predicted octanol–water partition coefficient (Wildman–Crippen LogP) is 6.08. The summed E-state index contributed by atoms with van der Waals surface area (Å²) < 4.78 is 0. The van der Waals surface area contributed by atoms with Crippen LogP contribution in [0, 0.1) is 0 Å². The van der Waals surface area contributed by atoms with Crippen molar-refractivity contribution in [1.82, 2.24) is 20.2 Å². The lowest BCUT2D eigenvalue weighted by atomic mass is 10.1. The Bertz CT molecular complexity index is 1440. The van der Waals surface area contributed by atoms with Crippen LogP contribution in [0.1, 0.15) is 52.3 Å². The smallest absolute Gasteiger partial charge is 0.255 e. The minimum atomic E-state index is -0.374. The number of nitrogens with zero attached hydrogens (tertiary/aromatic N) is 2. The van der Waals surface area contributed by atoms with Crippen LogP contribution in [0.25, 0.3) is 11.0 Å². The van der Waals surface area contributed by atoms with E-state index in [1.54, 1.807) is 30.3 Å². The first kappa shape index (κ1) is 25.1. The number of amides is 2. The first-order valence-corrected chi connectivity index (χ1v) is 13.0. The average Bonchev–Trinajstić information content (AvgIpc) is 3.54. The summed E-state index contributed by atoms with van der Waals surface area (Å²) in [5.41, 5.74) is 3.36. The Morgan fingerprint density at radius 3 is 2.70 bits per heavy atom. The van der Waals surface area contributed by atoms with Gasteiger partial charge in [0.05, 0.1) is 27.7 Å². The topological polar surface area (TPSA) is 90.1 Å². The number of hydrogen-bond acceptors (Lipinski definition) is 4. The van der Waals surface area contributed by atoms with E-state index in [1.165, 1.54) is 0 Å². The van der Waals surface area contributed by atoms with Gasteiger partial charge in [-0.2, -0.15) is 0 Å². The Labute approximate surface area is 225 Å². The Kier molecular flexibility index (Phi) is 7.35. The average molecular weight is 536 g/mol. The number of fused-ring (bicyclic) bond motifs is 1. The molecule has 1 aliphatic heterocycles. The van der Waals surface area contributed by atoms with E-state index >= 15 is 0 Å². The monoisotopic (exact) mass is 535 g/mol. The molecule has 37 heavy (non-hydrogen) atoms. The molecule has 4 aromatic rings. The van der Waals surface area contributed by atoms with Gasteiger partial charge < -0.3 is 20.5 Å². The Hall–Kier alpha value is -3.55. The van der Waals surface area contributed by atoms with E-state index in [0.29, 0.717) is 35.1 Å².